The molecule has 4 heteroatoms. The second kappa shape index (κ2) is 27.0. The van der Waals surface area contributed by atoms with Crippen LogP contribution in [0, 0.1) is 6.92 Å². The third kappa shape index (κ3) is 20.4. The summed E-state index contributed by atoms with van der Waals surface area (Å²) in [5.41, 5.74) is 12.9. The lowest BCUT2D eigenvalue weighted by molar-refractivity contribution is 0.314. The summed E-state index contributed by atoms with van der Waals surface area (Å²) in [5, 5.41) is 21.2. The second-order valence-electron chi connectivity index (χ2n) is 15.5. The van der Waals surface area contributed by atoms with Gasteiger partial charge in [0.05, 0.1) is 14.2 Å². The highest BCUT2D eigenvalue weighted by Gasteiger charge is 2.22. The predicted molar refractivity (Wildman–Crippen MR) is 232 cm³/mol. The Kier molecular flexibility index (Phi) is 24.1. The number of hydrogen-bond donors (Lipinski definition) is 2. The van der Waals surface area contributed by atoms with Crippen molar-refractivity contribution >= 4 is 0 Å². The van der Waals surface area contributed by atoms with E-state index in [2.05, 4.69) is 111 Å². The molecule has 0 bridgehead atoms. The molecule has 0 unspecified atom stereocenters. The van der Waals surface area contributed by atoms with Gasteiger partial charge in [-0.3, -0.25) is 0 Å². The van der Waals surface area contributed by atoms with Crippen LogP contribution in [0.1, 0.15) is 163 Å². The van der Waals surface area contributed by atoms with Crippen molar-refractivity contribution in [1.29, 1.82) is 0 Å². The number of hydrogen-bond acceptors (Lipinski definition) is 4. The fraction of sp³-hybridized carbons (Fsp3) is 0.551. The maximum atomic E-state index is 10.7. The number of benzene rings is 1. The van der Waals surface area contributed by atoms with Crippen molar-refractivity contribution in [3.63, 3.8) is 0 Å². The standard InChI is InChI=1S/C49H76O4/c1-36(2)20-13-21-37(3)22-14-23-38(4)24-15-25-39(5)26-16-27-40(6)28-17-29-41(7)30-18-31-42(8)32-19-33-43(9)34-35-45-44(10)46(50)48(52-11)49(53-12)47(45)51/h20,22,24,26,28,30,32,34,50-51H,13-19,21,23,25,27,29,31,33,35H2,1-12H3/b37-22+,38-24+,39-26+,40-28+,41-30-,42-32+,43-34-. The minimum absolute atomic E-state index is 0.00661. The number of phenolic OH excluding ortho intramolecular Hbond substituents is 2. The van der Waals surface area contributed by atoms with Gasteiger partial charge >= 0.3 is 0 Å². The maximum absolute atomic E-state index is 10.7. The fourth-order valence-electron chi connectivity index (χ4n) is 6.33. The van der Waals surface area contributed by atoms with E-state index in [0.717, 1.165) is 77.0 Å². The first kappa shape index (κ1) is 47.4. The zero-order valence-electron chi connectivity index (χ0n) is 35.9. The summed E-state index contributed by atoms with van der Waals surface area (Å²) in [6.07, 6.45) is 35.1. The largest absolute Gasteiger partial charge is 0.504 e. The Morgan fingerprint density at radius 3 is 0.962 bits per heavy atom. The van der Waals surface area contributed by atoms with Gasteiger partial charge in [-0.05, 0) is 166 Å². The van der Waals surface area contributed by atoms with E-state index in [0.29, 0.717) is 17.5 Å². The normalized spacial score (nSPS) is 13.8. The molecule has 0 fully saturated rings. The number of ether oxygens (including phenoxy) is 2. The molecule has 1 aromatic carbocycles. The molecule has 0 atom stereocenters. The summed E-state index contributed by atoms with van der Waals surface area (Å²) >= 11 is 0. The van der Waals surface area contributed by atoms with Crippen molar-refractivity contribution < 1.29 is 19.7 Å². The molecule has 0 aromatic heterocycles. The molecular formula is C49H76O4. The number of rotatable bonds is 25. The minimum Gasteiger partial charge on any atom is -0.504 e. The van der Waals surface area contributed by atoms with E-state index in [9.17, 15) is 10.2 Å². The smallest absolute Gasteiger partial charge is 0.207 e. The average molecular weight is 729 g/mol. The van der Waals surface area contributed by atoms with Gasteiger partial charge in [-0.15, -0.1) is 0 Å². The molecule has 53 heavy (non-hydrogen) atoms. The summed E-state index contributed by atoms with van der Waals surface area (Å²) < 4.78 is 10.5. The molecule has 0 spiro atoms. The van der Waals surface area contributed by atoms with Crippen LogP contribution in [0.4, 0.5) is 0 Å². The van der Waals surface area contributed by atoms with Crippen molar-refractivity contribution in [2.45, 2.75) is 166 Å². The number of aromatic hydroxyl groups is 2. The fourth-order valence-corrected chi connectivity index (χ4v) is 6.33. The summed E-state index contributed by atoms with van der Waals surface area (Å²) in [6.45, 7) is 21.9. The van der Waals surface area contributed by atoms with Crippen molar-refractivity contribution in [2.75, 3.05) is 14.2 Å². The second-order valence-corrected chi connectivity index (χ2v) is 15.5. The summed E-state index contributed by atoms with van der Waals surface area (Å²) in [7, 11) is 2.91. The molecule has 4 nitrogen and oxygen atoms in total. The number of allylic oxidation sites excluding steroid dienone is 16. The minimum atomic E-state index is 0.00661. The van der Waals surface area contributed by atoms with Crippen molar-refractivity contribution in [3.05, 3.63) is 104 Å². The Bertz CT molecular complexity index is 1520. The molecular weight excluding hydrogens is 653 g/mol. The van der Waals surface area contributed by atoms with E-state index in [1.54, 1.807) is 6.92 Å². The van der Waals surface area contributed by atoms with Crippen LogP contribution in [0.2, 0.25) is 0 Å². The summed E-state index contributed by atoms with van der Waals surface area (Å²) in [6, 6.07) is 0. The Hall–Kier alpha value is -3.66. The molecule has 2 N–H and O–H groups in total. The maximum Gasteiger partial charge on any atom is 0.207 e. The highest BCUT2D eigenvalue weighted by Crippen LogP contribution is 2.48. The topological polar surface area (TPSA) is 58.9 Å². The van der Waals surface area contributed by atoms with Crippen LogP contribution in [0.15, 0.2) is 93.2 Å². The van der Waals surface area contributed by atoms with Crippen molar-refractivity contribution in [2.24, 2.45) is 0 Å². The van der Waals surface area contributed by atoms with E-state index < -0.39 is 0 Å². The first-order valence-corrected chi connectivity index (χ1v) is 20.1. The van der Waals surface area contributed by atoms with Crippen molar-refractivity contribution in [3.8, 4) is 23.0 Å². The highest BCUT2D eigenvalue weighted by atomic mass is 16.5. The molecule has 0 saturated carbocycles. The van der Waals surface area contributed by atoms with Crippen LogP contribution in [-0.2, 0) is 6.42 Å². The third-order valence-electron chi connectivity index (χ3n) is 10.1. The molecule has 0 amide bonds. The van der Waals surface area contributed by atoms with E-state index >= 15 is 0 Å². The lowest BCUT2D eigenvalue weighted by Crippen LogP contribution is -1.98. The van der Waals surface area contributed by atoms with E-state index in [-0.39, 0.29) is 23.0 Å². The molecule has 0 radical (unpaired) electrons. The van der Waals surface area contributed by atoms with E-state index in [4.69, 9.17) is 9.47 Å². The SMILES string of the molecule is COc1c(O)c(C)c(C/C=C(/C)CC/C=C(\C)CC/C=C(/C)CC/C=C(\C)CC/C=C(\C)CC/C=C(\C)CC/C=C(\C)CCC=C(C)C)c(O)c1OC. The van der Waals surface area contributed by atoms with Gasteiger partial charge in [0.2, 0.25) is 11.5 Å². The first-order valence-electron chi connectivity index (χ1n) is 20.1. The van der Waals surface area contributed by atoms with Crippen LogP contribution in [0.25, 0.3) is 0 Å². The Balaban J connectivity index is 2.36. The van der Waals surface area contributed by atoms with Gasteiger partial charge < -0.3 is 19.7 Å². The molecule has 0 aliphatic carbocycles. The highest BCUT2D eigenvalue weighted by molar-refractivity contribution is 5.66. The number of methoxy groups -OCH3 is 2. The van der Waals surface area contributed by atoms with Crippen LogP contribution < -0.4 is 9.47 Å². The van der Waals surface area contributed by atoms with Crippen molar-refractivity contribution in [1.82, 2.24) is 0 Å². The number of phenols is 2. The Labute approximate surface area is 325 Å². The molecule has 1 aromatic rings. The van der Waals surface area contributed by atoms with Gasteiger partial charge in [0.25, 0.3) is 0 Å². The lowest BCUT2D eigenvalue weighted by atomic mass is 9.99. The third-order valence-corrected chi connectivity index (χ3v) is 10.1. The molecule has 1 rings (SSSR count). The van der Waals surface area contributed by atoms with Gasteiger partial charge in [-0.25, -0.2) is 0 Å². The van der Waals surface area contributed by atoms with Gasteiger partial charge in [-0.2, -0.15) is 0 Å². The monoisotopic (exact) mass is 729 g/mol. The van der Waals surface area contributed by atoms with Crippen LogP contribution >= 0.6 is 0 Å². The molecule has 0 saturated heterocycles. The van der Waals surface area contributed by atoms with Crippen LogP contribution in [0.5, 0.6) is 23.0 Å². The Morgan fingerprint density at radius 1 is 0.415 bits per heavy atom. The average Bonchev–Trinajstić information content (AvgIpc) is 3.09. The van der Waals surface area contributed by atoms with E-state index in [1.165, 1.54) is 71.6 Å². The molecule has 0 aliphatic heterocycles. The van der Waals surface area contributed by atoms with E-state index in [1.807, 2.05) is 0 Å². The molecule has 0 heterocycles. The first-order chi connectivity index (χ1) is 25.2. The van der Waals surface area contributed by atoms with Crippen LogP contribution in [0.3, 0.4) is 0 Å². The zero-order chi connectivity index (χ0) is 39.8. The lowest BCUT2D eigenvalue weighted by Gasteiger charge is -2.17. The van der Waals surface area contributed by atoms with Gasteiger partial charge in [-0.1, -0.05) is 93.2 Å². The van der Waals surface area contributed by atoms with Gasteiger partial charge in [0.15, 0.2) is 11.5 Å². The molecule has 296 valence electrons. The summed E-state index contributed by atoms with van der Waals surface area (Å²) in [5.74, 6) is 0.357. The van der Waals surface area contributed by atoms with Gasteiger partial charge in [0.1, 0.15) is 0 Å². The van der Waals surface area contributed by atoms with Gasteiger partial charge in [0, 0.05) is 11.1 Å². The zero-order valence-corrected chi connectivity index (χ0v) is 35.9. The molecule has 0 aliphatic rings. The quantitative estimate of drug-likeness (QED) is 0.0777. The Morgan fingerprint density at radius 2 is 0.679 bits per heavy atom. The predicted octanol–water partition coefficient (Wildman–Crippen LogP) is 15.0. The summed E-state index contributed by atoms with van der Waals surface area (Å²) in [4.78, 5) is 0. The van der Waals surface area contributed by atoms with Crippen LogP contribution in [-0.4, -0.2) is 24.4 Å².